The molecule has 1 saturated heterocycles. The van der Waals surface area contributed by atoms with Gasteiger partial charge in [0.1, 0.15) is 0 Å². The SMILES string of the molecule is Cc1ccc(N2CC(C(=O)Nc3cccc(NC(=O)c4ccco4)c3)CC2=O)cc1. The minimum Gasteiger partial charge on any atom is -0.459 e. The summed E-state index contributed by atoms with van der Waals surface area (Å²) >= 11 is 0. The van der Waals surface area contributed by atoms with E-state index in [0.717, 1.165) is 11.3 Å². The summed E-state index contributed by atoms with van der Waals surface area (Å²) in [5.41, 5.74) is 2.97. The largest absolute Gasteiger partial charge is 0.459 e. The van der Waals surface area contributed by atoms with Crippen molar-refractivity contribution in [3.8, 4) is 0 Å². The molecule has 152 valence electrons. The van der Waals surface area contributed by atoms with Gasteiger partial charge in [0.25, 0.3) is 5.91 Å². The van der Waals surface area contributed by atoms with Gasteiger partial charge in [-0.25, -0.2) is 0 Å². The first kappa shape index (κ1) is 19.4. The molecular weight excluding hydrogens is 382 g/mol. The predicted molar refractivity (Wildman–Crippen MR) is 113 cm³/mol. The first-order valence-electron chi connectivity index (χ1n) is 9.62. The van der Waals surface area contributed by atoms with Crippen LogP contribution in [-0.2, 0) is 9.59 Å². The molecule has 1 unspecified atom stereocenters. The molecule has 0 aliphatic carbocycles. The third kappa shape index (κ3) is 4.25. The molecule has 0 bridgehead atoms. The Morgan fingerprint density at radius 2 is 1.73 bits per heavy atom. The molecule has 3 aromatic rings. The number of anilines is 3. The second-order valence-electron chi connectivity index (χ2n) is 7.24. The maximum absolute atomic E-state index is 12.7. The van der Waals surface area contributed by atoms with Gasteiger partial charge in [-0.15, -0.1) is 0 Å². The van der Waals surface area contributed by atoms with E-state index < -0.39 is 5.92 Å². The maximum Gasteiger partial charge on any atom is 0.291 e. The molecule has 4 rings (SSSR count). The minimum atomic E-state index is -0.444. The summed E-state index contributed by atoms with van der Waals surface area (Å²) in [4.78, 5) is 38.9. The van der Waals surface area contributed by atoms with Crippen LogP contribution in [-0.4, -0.2) is 24.3 Å². The van der Waals surface area contributed by atoms with Crippen molar-refractivity contribution in [2.45, 2.75) is 13.3 Å². The Hall–Kier alpha value is -3.87. The highest BCUT2D eigenvalue weighted by Gasteiger charge is 2.35. The molecule has 3 amide bonds. The Kier molecular flexibility index (Phi) is 5.34. The molecule has 1 atom stereocenters. The highest BCUT2D eigenvalue weighted by Crippen LogP contribution is 2.26. The Morgan fingerprint density at radius 3 is 2.43 bits per heavy atom. The molecule has 2 heterocycles. The molecule has 30 heavy (non-hydrogen) atoms. The average molecular weight is 403 g/mol. The zero-order valence-electron chi connectivity index (χ0n) is 16.4. The molecular formula is C23H21N3O4. The Labute approximate surface area is 173 Å². The number of carbonyl (C=O) groups is 3. The summed E-state index contributed by atoms with van der Waals surface area (Å²) in [6.45, 7) is 2.32. The Bertz CT molecular complexity index is 1070. The normalized spacial score (nSPS) is 15.8. The van der Waals surface area contributed by atoms with Crippen LogP contribution in [0.2, 0.25) is 0 Å². The predicted octanol–water partition coefficient (Wildman–Crippen LogP) is 3.83. The average Bonchev–Trinajstić information content (AvgIpc) is 3.39. The quantitative estimate of drug-likeness (QED) is 0.677. The molecule has 1 aliphatic rings. The van der Waals surface area contributed by atoms with Gasteiger partial charge in [0, 0.05) is 30.0 Å². The molecule has 0 spiro atoms. The Balaban J connectivity index is 1.40. The monoisotopic (exact) mass is 403 g/mol. The molecule has 0 saturated carbocycles. The molecule has 1 aromatic heterocycles. The number of furan rings is 1. The van der Waals surface area contributed by atoms with E-state index in [1.165, 1.54) is 6.26 Å². The number of amides is 3. The van der Waals surface area contributed by atoms with Crippen LogP contribution in [0, 0.1) is 12.8 Å². The summed E-state index contributed by atoms with van der Waals surface area (Å²) < 4.78 is 5.07. The fourth-order valence-corrected chi connectivity index (χ4v) is 3.38. The molecule has 7 nitrogen and oxygen atoms in total. The van der Waals surface area contributed by atoms with E-state index in [9.17, 15) is 14.4 Å². The van der Waals surface area contributed by atoms with E-state index in [2.05, 4.69) is 10.6 Å². The molecule has 2 aromatic carbocycles. The van der Waals surface area contributed by atoms with Crippen LogP contribution in [0.5, 0.6) is 0 Å². The van der Waals surface area contributed by atoms with Gasteiger partial charge in [0.2, 0.25) is 11.8 Å². The third-order valence-electron chi connectivity index (χ3n) is 4.97. The van der Waals surface area contributed by atoms with Crippen molar-refractivity contribution in [1.29, 1.82) is 0 Å². The van der Waals surface area contributed by atoms with Gasteiger partial charge in [-0.2, -0.15) is 0 Å². The van der Waals surface area contributed by atoms with Crippen LogP contribution >= 0.6 is 0 Å². The second kappa shape index (κ2) is 8.24. The minimum absolute atomic E-state index is 0.0709. The van der Waals surface area contributed by atoms with Crippen LogP contribution in [0.3, 0.4) is 0 Å². The second-order valence-corrected chi connectivity index (χ2v) is 7.24. The number of hydrogen-bond acceptors (Lipinski definition) is 4. The fourth-order valence-electron chi connectivity index (χ4n) is 3.38. The number of hydrogen-bond donors (Lipinski definition) is 2. The zero-order chi connectivity index (χ0) is 21.1. The van der Waals surface area contributed by atoms with E-state index in [4.69, 9.17) is 4.42 Å². The number of aryl methyl sites for hydroxylation is 1. The van der Waals surface area contributed by atoms with Crippen LogP contribution in [0.1, 0.15) is 22.5 Å². The van der Waals surface area contributed by atoms with Crippen molar-refractivity contribution >= 4 is 34.8 Å². The lowest BCUT2D eigenvalue weighted by atomic mass is 10.1. The lowest BCUT2D eigenvalue weighted by Gasteiger charge is -2.17. The summed E-state index contributed by atoms with van der Waals surface area (Å²) in [5.74, 6) is -0.921. The lowest BCUT2D eigenvalue weighted by molar-refractivity contribution is -0.122. The van der Waals surface area contributed by atoms with Crippen LogP contribution in [0.15, 0.2) is 71.3 Å². The van der Waals surface area contributed by atoms with Crippen molar-refractivity contribution in [1.82, 2.24) is 0 Å². The first-order chi connectivity index (χ1) is 14.5. The number of benzene rings is 2. The van der Waals surface area contributed by atoms with Gasteiger partial charge >= 0.3 is 0 Å². The van der Waals surface area contributed by atoms with E-state index >= 15 is 0 Å². The fraction of sp³-hybridized carbons (Fsp3) is 0.174. The van der Waals surface area contributed by atoms with Crippen molar-refractivity contribution in [2.75, 3.05) is 22.1 Å². The van der Waals surface area contributed by atoms with E-state index in [1.54, 1.807) is 41.3 Å². The van der Waals surface area contributed by atoms with E-state index in [-0.39, 0.29) is 29.9 Å². The van der Waals surface area contributed by atoms with E-state index in [0.29, 0.717) is 17.9 Å². The van der Waals surface area contributed by atoms with Crippen molar-refractivity contribution in [3.05, 3.63) is 78.3 Å². The number of nitrogens with one attached hydrogen (secondary N) is 2. The molecule has 7 heteroatoms. The molecule has 1 fully saturated rings. The van der Waals surface area contributed by atoms with Gasteiger partial charge in [-0.3, -0.25) is 14.4 Å². The zero-order valence-corrected chi connectivity index (χ0v) is 16.4. The maximum atomic E-state index is 12.7. The van der Waals surface area contributed by atoms with Crippen molar-refractivity contribution in [2.24, 2.45) is 5.92 Å². The smallest absolute Gasteiger partial charge is 0.291 e. The number of nitrogens with zero attached hydrogens (tertiary/aromatic N) is 1. The number of carbonyl (C=O) groups excluding carboxylic acids is 3. The number of rotatable bonds is 5. The molecule has 0 radical (unpaired) electrons. The van der Waals surface area contributed by atoms with Crippen LogP contribution in [0.25, 0.3) is 0 Å². The Morgan fingerprint density at radius 1 is 1.00 bits per heavy atom. The van der Waals surface area contributed by atoms with Crippen molar-refractivity contribution < 1.29 is 18.8 Å². The lowest BCUT2D eigenvalue weighted by Crippen LogP contribution is -2.28. The third-order valence-corrected chi connectivity index (χ3v) is 4.97. The molecule has 2 N–H and O–H groups in total. The summed E-state index contributed by atoms with van der Waals surface area (Å²) in [6.07, 6.45) is 1.59. The highest BCUT2D eigenvalue weighted by molar-refractivity contribution is 6.04. The van der Waals surface area contributed by atoms with Gasteiger partial charge in [0.05, 0.1) is 12.2 Å². The summed E-state index contributed by atoms with van der Waals surface area (Å²) in [5, 5.41) is 5.56. The van der Waals surface area contributed by atoms with Gasteiger partial charge in [-0.1, -0.05) is 23.8 Å². The van der Waals surface area contributed by atoms with E-state index in [1.807, 2.05) is 31.2 Å². The highest BCUT2D eigenvalue weighted by atomic mass is 16.3. The molecule has 1 aliphatic heterocycles. The van der Waals surface area contributed by atoms with Gasteiger partial charge < -0.3 is 20.0 Å². The van der Waals surface area contributed by atoms with Crippen molar-refractivity contribution in [3.63, 3.8) is 0 Å². The first-order valence-corrected chi connectivity index (χ1v) is 9.62. The standard InChI is InChI=1S/C23H21N3O4/c1-15-7-9-19(10-8-15)26-14-16(12-21(26)27)22(28)24-17-4-2-5-18(13-17)25-23(29)20-6-3-11-30-20/h2-11,13,16H,12,14H2,1H3,(H,24,28)(H,25,29). The van der Waals surface area contributed by atoms with Crippen LogP contribution < -0.4 is 15.5 Å². The topological polar surface area (TPSA) is 91.7 Å². The summed E-state index contributed by atoms with van der Waals surface area (Å²) in [7, 11) is 0. The van der Waals surface area contributed by atoms with Crippen LogP contribution in [0.4, 0.5) is 17.1 Å². The summed E-state index contributed by atoms with van der Waals surface area (Å²) in [6, 6.07) is 17.7. The van der Waals surface area contributed by atoms with Gasteiger partial charge in [-0.05, 0) is 49.4 Å². The van der Waals surface area contributed by atoms with Gasteiger partial charge in [0.15, 0.2) is 5.76 Å².